The summed E-state index contributed by atoms with van der Waals surface area (Å²) >= 11 is 0. The van der Waals surface area contributed by atoms with Crippen molar-refractivity contribution in [3.8, 4) is 0 Å². The van der Waals surface area contributed by atoms with Crippen molar-refractivity contribution in [2.75, 3.05) is 13.1 Å². The van der Waals surface area contributed by atoms with Gasteiger partial charge in [-0.25, -0.2) is 0 Å². The van der Waals surface area contributed by atoms with Gasteiger partial charge in [0.1, 0.15) is 0 Å². The van der Waals surface area contributed by atoms with Crippen molar-refractivity contribution in [3.63, 3.8) is 0 Å². The highest BCUT2D eigenvalue weighted by atomic mass is 32.2. The van der Waals surface area contributed by atoms with Crippen LogP contribution in [0.4, 0.5) is 0 Å². The van der Waals surface area contributed by atoms with Crippen LogP contribution in [0.25, 0.3) is 0 Å². The molecule has 1 saturated heterocycles. The molecule has 0 spiro atoms. The summed E-state index contributed by atoms with van der Waals surface area (Å²) in [7, 11) is -3.32. The molecule has 1 fully saturated rings. The molecule has 1 aliphatic heterocycles. The highest BCUT2D eigenvalue weighted by Crippen LogP contribution is 2.13. The van der Waals surface area contributed by atoms with E-state index in [1.807, 2.05) is 13.8 Å². The van der Waals surface area contributed by atoms with Crippen LogP contribution < -0.4 is 10.5 Å². The van der Waals surface area contributed by atoms with Crippen molar-refractivity contribution in [1.29, 1.82) is 0 Å². The van der Waals surface area contributed by atoms with Crippen molar-refractivity contribution < 1.29 is 8.42 Å². The molecule has 3 N–H and O–H groups in total. The molecule has 0 bridgehead atoms. The summed E-state index contributed by atoms with van der Waals surface area (Å²) in [6.07, 6.45) is 4.83. The van der Waals surface area contributed by atoms with Gasteiger partial charge in [-0.2, -0.15) is 17.4 Å². The molecular weight excluding hydrogens is 238 g/mol. The summed E-state index contributed by atoms with van der Waals surface area (Å²) in [6.45, 7) is 5.02. The van der Waals surface area contributed by atoms with Gasteiger partial charge in [0.25, 0.3) is 10.2 Å². The fourth-order valence-electron chi connectivity index (χ4n) is 2.22. The molecule has 2 atom stereocenters. The minimum absolute atomic E-state index is 0.0110. The lowest BCUT2D eigenvalue weighted by Gasteiger charge is -2.23. The van der Waals surface area contributed by atoms with E-state index in [9.17, 15) is 8.42 Å². The molecule has 102 valence electrons. The lowest BCUT2D eigenvalue weighted by Crippen LogP contribution is -2.46. The van der Waals surface area contributed by atoms with Crippen LogP contribution in [0, 0.1) is 0 Å². The standard InChI is InChI=1S/C11H25N3O2S/c1-10(12)9-11(2)13-17(15,16)14-7-5-3-4-6-8-14/h10-11,13H,3-9,12H2,1-2H3. The molecule has 0 aromatic rings. The monoisotopic (exact) mass is 263 g/mol. The van der Waals surface area contributed by atoms with Crippen LogP contribution >= 0.6 is 0 Å². The van der Waals surface area contributed by atoms with E-state index in [-0.39, 0.29) is 12.1 Å². The zero-order chi connectivity index (χ0) is 12.9. The summed E-state index contributed by atoms with van der Waals surface area (Å²) in [5, 5.41) is 0. The van der Waals surface area contributed by atoms with E-state index in [1.165, 1.54) is 0 Å². The van der Waals surface area contributed by atoms with Crippen LogP contribution in [0.2, 0.25) is 0 Å². The summed E-state index contributed by atoms with van der Waals surface area (Å²) in [4.78, 5) is 0. The zero-order valence-electron chi connectivity index (χ0n) is 10.9. The van der Waals surface area contributed by atoms with E-state index in [2.05, 4.69) is 4.72 Å². The molecule has 0 saturated carbocycles. The summed E-state index contributed by atoms with van der Waals surface area (Å²) in [6, 6.07) is -0.0971. The lowest BCUT2D eigenvalue weighted by molar-refractivity contribution is 0.404. The molecule has 0 aromatic heterocycles. The van der Waals surface area contributed by atoms with Crippen LogP contribution in [0.15, 0.2) is 0 Å². The third-order valence-corrected chi connectivity index (χ3v) is 4.73. The Bertz CT molecular complexity index is 309. The maximum absolute atomic E-state index is 12.1. The van der Waals surface area contributed by atoms with Crippen molar-refractivity contribution in [3.05, 3.63) is 0 Å². The van der Waals surface area contributed by atoms with Gasteiger partial charge in [0.05, 0.1) is 0 Å². The third-order valence-electron chi connectivity index (χ3n) is 2.98. The second-order valence-electron chi connectivity index (χ2n) is 5.05. The Morgan fingerprint density at radius 3 is 2.18 bits per heavy atom. The minimum Gasteiger partial charge on any atom is -0.328 e. The quantitative estimate of drug-likeness (QED) is 0.771. The molecule has 5 nitrogen and oxygen atoms in total. The summed E-state index contributed by atoms with van der Waals surface area (Å²) in [5.74, 6) is 0. The van der Waals surface area contributed by atoms with Gasteiger partial charge in [0.2, 0.25) is 0 Å². The van der Waals surface area contributed by atoms with E-state index >= 15 is 0 Å². The van der Waals surface area contributed by atoms with Gasteiger partial charge < -0.3 is 5.73 Å². The molecule has 2 unspecified atom stereocenters. The van der Waals surface area contributed by atoms with E-state index in [1.54, 1.807) is 4.31 Å². The summed E-state index contributed by atoms with van der Waals surface area (Å²) < 4.78 is 28.5. The Labute approximate surface area is 105 Å². The second-order valence-corrected chi connectivity index (χ2v) is 6.75. The number of nitrogens with two attached hydrogens (primary N) is 1. The minimum atomic E-state index is -3.32. The maximum atomic E-state index is 12.1. The SMILES string of the molecule is CC(N)CC(C)NS(=O)(=O)N1CCCCCC1. The second kappa shape index (κ2) is 6.68. The van der Waals surface area contributed by atoms with E-state index in [4.69, 9.17) is 5.73 Å². The largest absolute Gasteiger partial charge is 0.328 e. The van der Waals surface area contributed by atoms with Crippen LogP contribution in [-0.2, 0) is 10.2 Å². The lowest BCUT2D eigenvalue weighted by atomic mass is 10.1. The molecule has 0 aliphatic carbocycles. The topological polar surface area (TPSA) is 75.4 Å². The average Bonchev–Trinajstić information content (AvgIpc) is 2.42. The zero-order valence-corrected chi connectivity index (χ0v) is 11.7. The number of nitrogens with zero attached hydrogens (tertiary/aromatic N) is 1. The molecule has 1 aliphatic rings. The Morgan fingerprint density at radius 1 is 1.18 bits per heavy atom. The molecule has 0 amide bonds. The Balaban J connectivity index is 2.54. The van der Waals surface area contributed by atoms with Crippen LogP contribution in [0.1, 0.15) is 46.0 Å². The van der Waals surface area contributed by atoms with Crippen LogP contribution in [-0.4, -0.2) is 37.9 Å². The van der Waals surface area contributed by atoms with Gasteiger partial charge in [-0.1, -0.05) is 12.8 Å². The predicted molar refractivity (Wildman–Crippen MR) is 69.8 cm³/mol. The highest BCUT2D eigenvalue weighted by Gasteiger charge is 2.24. The molecule has 0 aromatic carbocycles. The molecule has 1 heterocycles. The van der Waals surface area contributed by atoms with Crippen LogP contribution in [0.3, 0.4) is 0 Å². The normalized spacial score (nSPS) is 23.0. The first-order valence-corrected chi connectivity index (χ1v) is 7.89. The fraction of sp³-hybridized carbons (Fsp3) is 1.00. The average molecular weight is 263 g/mol. The molecule has 17 heavy (non-hydrogen) atoms. The molecule has 6 heteroatoms. The van der Waals surface area contributed by atoms with Gasteiger partial charge in [0, 0.05) is 25.2 Å². The molecular formula is C11H25N3O2S. The summed E-state index contributed by atoms with van der Waals surface area (Å²) in [5.41, 5.74) is 5.67. The number of nitrogens with one attached hydrogen (secondary N) is 1. The van der Waals surface area contributed by atoms with Gasteiger partial charge in [-0.3, -0.25) is 0 Å². The van der Waals surface area contributed by atoms with Gasteiger partial charge in [-0.05, 0) is 33.1 Å². The van der Waals surface area contributed by atoms with Crippen LogP contribution in [0.5, 0.6) is 0 Å². The van der Waals surface area contributed by atoms with Crippen molar-refractivity contribution >= 4 is 10.2 Å². The van der Waals surface area contributed by atoms with Gasteiger partial charge >= 0.3 is 0 Å². The van der Waals surface area contributed by atoms with E-state index in [0.29, 0.717) is 19.5 Å². The van der Waals surface area contributed by atoms with E-state index in [0.717, 1.165) is 25.7 Å². The molecule has 1 rings (SSSR count). The molecule has 0 radical (unpaired) electrons. The Kier molecular flexibility index (Phi) is 5.85. The fourth-order valence-corrected chi connectivity index (χ4v) is 3.71. The van der Waals surface area contributed by atoms with Gasteiger partial charge in [-0.15, -0.1) is 0 Å². The first kappa shape index (κ1) is 14.9. The van der Waals surface area contributed by atoms with Crippen molar-refractivity contribution in [2.45, 2.75) is 58.0 Å². The Morgan fingerprint density at radius 2 is 1.71 bits per heavy atom. The van der Waals surface area contributed by atoms with Crippen molar-refractivity contribution in [1.82, 2.24) is 9.03 Å². The predicted octanol–water partition coefficient (Wildman–Crippen LogP) is 0.823. The Hall–Kier alpha value is -0.170. The first-order valence-electron chi connectivity index (χ1n) is 6.45. The van der Waals surface area contributed by atoms with E-state index < -0.39 is 10.2 Å². The number of hydrogen-bond acceptors (Lipinski definition) is 3. The number of hydrogen-bond donors (Lipinski definition) is 2. The smallest absolute Gasteiger partial charge is 0.279 e. The number of rotatable bonds is 5. The first-order chi connectivity index (χ1) is 7.92. The maximum Gasteiger partial charge on any atom is 0.279 e. The highest BCUT2D eigenvalue weighted by molar-refractivity contribution is 7.87. The van der Waals surface area contributed by atoms with Crippen molar-refractivity contribution in [2.24, 2.45) is 5.73 Å². The van der Waals surface area contributed by atoms with Gasteiger partial charge in [0.15, 0.2) is 0 Å². The third kappa shape index (κ3) is 5.33.